The van der Waals surface area contributed by atoms with Crippen molar-refractivity contribution in [2.45, 2.75) is 9.79 Å². The molecule has 0 aliphatic carbocycles. The van der Waals surface area contributed by atoms with Gasteiger partial charge in [-0.15, -0.1) is 0 Å². The van der Waals surface area contributed by atoms with Gasteiger partial charge in [0.05, 0.1) is 22.5 Å². The SMILES string of the molecule is COC(=O)c1ccc(C=O)c(S(=O)(=O)c2ccccc2)c1. The molecular weight excluding hydrogens is 292 g/mol. The Morgan fingerprint density at radius 1 is 1.10 bits per heavy atom. The summed E-state index contributed by atoms with van der Waals surface area (Å²) in [6, 6.07) is 11.5. The van der Waals surface area contributed by atoms with Gasteiger partial charge in [-0.1, -0.05) is 18.2 Å². The molecule has 0 aromatic heterocycles. The summed E-state index contributed by atoms with van der Waals surface area (Å²) in [5.41, 5.74) is 0.0594. The predicted molar refractivity (Wildman–Crippen MR) is 75.1 cm³/mol. The number of rotatable bonds is 4. The van der Waals surface area contributed by atoms with Crippen molar-refractivity contribution in [3.63, 3.8) is 0 Å². The number of methoxy groups -OCH3 is 1. The lowest BCUT2D eigenvalue weighted by atomic mass is 10.1. The molecule has 6 heteroatoms. The molecule has 0 aliphatic rings. The molecule has 0 bridgehead atoms. The van der Waals surface area contributed by atoms with Gasteiger partial charge in [-0.25, -0.2) is 13.2 Å². The molecule has 0 spiro atoms. The zero-order chi connectivity index (χ0) is 15.5. The number of hydrogen-bond donors (Lipinski definition) is 0. The van der Waals surface area contributed by atoms with E-state index in [1.54, 1.807) is 18.2 Å². The third-order valence-electron chi connectivity index (χ3n) is 2.90. The maximum Gasteiger partial charge on any atom is 0.337 e. The summed E-state index contributed by atoms with van der Waals surface area (Å²) in [7, 11) is -2.69. The Bertz CT molecular complexity index is 779. The highest BCUT2D eigenvalue weighted by molar-refractivity contribution is 7.91. The van der Waals surface area contributed by atoms with Gasteiger partial charge < -0.3 is 4.74 Å². The summed E-state index contributed by atoms with van der Waals surface area (Å²) in [5, 5.41) is 0. The van der Waals surface area contributed by atoms with E-state index in [0.717, 1.165) is 6.07 Å². The van der Waals surface area contributed by atoms with Gasteiger partial charge in [0.2, 0.25) is 9.84 Å². The first kappa shape index (κ1) is 14.9. The summed E-state index contributed by atoms with van der Waals surface area (Å²) in [5.74, 6) is -0.669. The molecule has 0 N–H and O–H groups in total. The molecule has 2 aromatic rings. The fraction of sp³-hybridized carbons (Fsp3) is 0.0667. The fourth-order valence-corrected chi connectivity index (χ4v) is 3.31. The topological polar surface area (TPSA) is 77.5 Å². The lowest BCUT2D eigenvalue weighted by Crippen LogP contribution is -2.09. The first-order chi connectivity index (χ1) is 10.0. The number of ether oxygens (including phenoxy) is 1. The molecule has 0 saturated heterocycles. The number of hydrogen-bond acceptors (Lipinski definition) is 5. The van der Waals surface area contributed by atoms with Crippen molar-refractivity contribution >= 4 is 22.1 Å². The number of esters is 1. The van der Waals surface area contributed by atoms with Crippen LogP contribution in [0.4, 0.5) is 0 Å². The number of carbonyl (C=O) groups is 2. The standard InChI is InChI=1S/C15H12O5S/c1-20-15(17)11-7-8-12(10-16)14(9-11)21(18,19)13-5-3-2-4-6-13/h2-10H,1H3. The lowest BCUT2D eigenvalue weighted by Gasteiger charge is -2.08. The van der Waals surface area contributed by atoms with E-state index in [1.165, 1.54) is 31.4 Å². The van der Waals surface area contributed by atoms with Crippen LogP contribution < -0.4 is 0 Å². The maximum atomic E-state index is 12.6. The van der Waals surface area contributed by atoms with E-state index in [1.807, 2.05) is 0 Å². The molecule has 0 amide bonds. The molecule has 2 aromatic carbocycles. The second-order valence-corrected chi connectivity index (χ2v) is 6.10. The Labute approximate surface area is 122 Å². The average molecular weight is 304 g/mol. The molecule has 0 unspecified atom stereocenters. The molecule has 21 heavy (non-hydrogen) atoms. The number of carbonyl (C=O) groups excluding carboxylic acids is 2. The van der Waals surface area contributed by atoms with Gasteiger partial charge in [-0.2, -0.15) is 0 Å². The van der Waals surface area contributed by atoms with Crippen LogP contribution in [0.1, 0.15) is 20.7 Å². The van der Waals surface area contributed by atoms with Crippen LogP contribution in [0, 0.1) is 0 Å². The van der Waals surface area contributed by atoms with Crippen LogP contribution in [-0.4, -0.2) is 27.8 Å². The van der Waals surface area contributed by atoms with Gasteiger partial charge in [0.1, 0.15) is 0 Å². The van der Waals surface area contributed by atoms with Crippen LogP contribution in [0.15, 0.2) is 58.3 Å². The molecule has 0 atom stereocenters. The minimum absolute atomic E-state index is 0.00786. The quantitative estimate of drug-likeness (QED) is 0.638. The summed E-state index contributed by atoms with van der Waals surface area (Å²) in [6.45, 7) is 0. The summed E-state index contributed by atoms with van der Waals surface area (Å²) in [4.78, 5) is 22.4. The third-order valence-corrected chi connectivity index (χ3v) is 4.73. The molecule has 0 saturated carbocycles. The van der Waals surface area contributed by atoms with Crippen LogP contribution in [-0.2, 0) is 14.6 Å². The smallest absolute Gasteiger partial charge is 0.337 e. The van der Waals surface area contributed by atoms with Gasteiger partial charge >= 0.3 is 5.97 Å². The Kier molecular flexibility index (Phi) is 4.18. The van der Waals surface area contributed by atoms with Crippen molar-refractivity contribution in [2.75, 3.05) is 7.11 Å². The molecule has 0 aliphatic heterocycles. The number of aldehydes is 1. The van der Waals surface area contributed by atoms with E-state index >= 15 is 0 Å². The van der Waals surface area contributed by atoms with Crippen molar-refractivity contribution in [3.8, 4) is 0 Å². The van der Waals surface area contributed by atoms with Crippen LogP contribution in [0.5, 0.6) is 0 Å². The highest BCUT2D eigenvalue weighted by Crippen LogP contribution is 2.24. The maximum absolute atomic E-state index is 12.6. The highest BCUT2D eigenvalue weighted by atomic mass is 32.2. The van der Waals surface area contributed by atoms with E-state index in [4.69, 9.17) is 0 Å². The molecule has 0 fully saturated rings. The van der Waals surface area contributed by atoms with Crippen molar-refractivity contribution < 1.29 is 22.7 Å². The normalized spacial score (nSPS) is 10.9. The minimum atomic E-state index is -3.89. The van der Waals surface area contributed by atoms with Crippen LogP contribution >= 0.6 is 0 Å². The van der Waals surface area contributed by atoms with E-state index in [0.29, 0.717) is 6.29 Å². The molecule has 0 radical (unpaired) electrons. The largest absolute Gasteiger partial charge is 0.465 e. The van der Waals surface area contributed by atoms with Gasteiger partial charge in [0.25, 0.3) is 0 Å². The van der Waals surface area contributed by atoms with Crippen molar-refractivity contribution in [1.82, 2.24) is 0 Å². The summed E-state index contributed by atoms with van der Waals surface area (Å²) < 4.78 is 29.7. The lowest BCUT2D eigenvalue weighted by molar-refractivity contribution is 0.0600. The van der Waals surface area contributed by atoms with E-state index < -0.39 is 15.8 Å². The summed E-state index contributed by atoms with van der Waals surface area (Å²) in [6.07, 6.45) is 0.441. The van der Waals surface area contributed by atoms with Crippen LogP contribution in [0.3, 0.4) is 0 Å². The average Bonchev–Trinajstić information content (AvgIpc) is 2.54. The Morgan fingerprint density at radius 2 is 1.76 bits per heavy atom. The Morgan fingerprint density at radius 3 is 2.33 bits per heavy atom. The van der Waals surface area contributed by atoms with Gasteiger partial charge in [0, 0.05) is 5.56 Å². The monoisotopic (exact) mass is 304 g/mol. The number of benzene rings is 2. The minimum Gasteiger partial charge on any atom is -0.465 e. The van der Waals surface area contributed by atoms with Gasteiger partial charge in [0.15, 0.2) is 6.29 Å². The zero-order valence-corrected chi connectivity index (χ0v) is 12.0. The molecule has 5 nitrogen and oxygen atoms in total. The second kappa shape index (κ2) is 5.88. The van der Waals surface area contributed by atoms with Crippen LogP contribution in [0.25, 0.3) is 0 Å². The van der Waals surface area contributed by atoms with E-state index in [2.05, 4.69) is 4.74 Å². The first-order valence-corrected chi connectivity index (χ1v) is 7.46. The molecule has 108 valence electrons. The van der Waals surface area contributed by atoms with Crippen molar-refractivity contribution in [2.24, 2.45) is 0 Å². The Balaban J connectivity index is 2.67. The fourth-order valence-electron chi connectivity index (χ4n) is 1.84. The number of sulfone groups is 1. The highest BCUT2D eigenvalue weighted by Gasteiger charge is 2.22. The third kappa shape index (κ3) is 2.85. The van der Waals surface area contributed by atoms with Crippen molar-refractivity contribution in [3.05, 3.63) is 59.7 Å². The van der Waals surface area contributed by atoms with Gasteiger partial charge in [-0.3, -0.25) is 4.79 Å². The van der Waals surface area contributed by atoms with E-state index in [9.17, 15) is 18.0 Å². The predicted octanol–water partition coefficient (Wildman–Crippen LogP) is 2.12. The molecule has 0 heterocycles. The molecular formula is C15H12O5S. The molecule has 2 rings (SSSR count). The van der Waals surface area contributed by atoms with Crippen molar-refractivity contribution in [1.29, 1.82) is 0 Å². The summed E-state index contributed by atoms with van der Waals surface area (Å²) >= 11 is 0. The van der Waals surface area contributed by atoms with Gasteiger partial charge in [-0.05, 0) is 30.3 Å². The Hall–Kier alpha value is -2.47. The van der Waals surface area contributed by atoms with Crippen LogP contribution in [0.2, 0.25) is 0 Å². The zero-order valence-electron chi connectivity index (χ0n) is 11.1. The first-order valence-electron chi connectivity index (χ1n) is 5.98. The second-order valence-electron chi connectivity index (χ2n) is 4.18. The van der Waals surface area contributed by atoms with E-state index in [-0.39, 0.29) is 20.9 Å².